The molecule has 0 saturated heterocycles. The summed E-state index contributed by atoms with van der Waals surface area (Å²) in [5.41, 5.74) is 4.40. The Kier molecular flexibility index (Phi) is 5.26. The van der Waals surface area contributed by atoms with E-state index < -0.39 is 63.8 Å². The number of aromatic hydroxyl groups is 6. The van der Waals surface area contributed by atoms with Crippen molar-refractivity contribution in [3.8, 4) is 34.5 Å². The van der Waals surface area contributed by atoms with E-state index in [0.29, 0.717) is 25.7 Å². The van der Waals surface area contributed by atoms with E-state index in [4.69, 9.17) is 5.73 Å². The van der Waals surface area contributed by atoms with E-state index in [1.165, 1.54) is 0 Å². The fraction of sp³-hybridized carbons (Fsp3) is 0.300. The third-order valence-electron chi connectivity index (χ3n) is 5.59. The predicted octanol–water partition coefficient (Wildman–Crippen LogP) is 2.16. The lowest BCUT2D eigenvalue weighted by molar-refractivity contribution is 0.0692. The number of carboxylic acids is 1. The van der Waals surface area contributed by atoms with E-state index in [1.807, 2.05) is 0 Å². The predicted molar refractivity (Wildman–Crippen MR) is 102 cm³/mol. The number of carboxylic acid groups (broad SMARTS) is 1. The molecule has 0 aromatic heterocycles. The number of phenolic OH excluding ortho intramolecular Hbond substituents is 6. The fourth-order valence-corrected chi connectivity index (χ4v) is 4.27. The first-order valence-corrected chi connectivity index (χ1v) is 9.14. The van der Waals surface area contributed by atoms with E-state index in [2.05, 4.69) is 0 Å². The molecule has 0 heterocycles. The van der Waals surface area contributed by atoms with Crippen LogP contribution in [0.1, 0.15) is 69.4 Å². The molecule has 10 nitrogen and oxygen atoms in total. The van der Waals surface area contributed by atoms with Gasteiger partial charge >= 0.3 is 5.97 Å². The van der Waals surface area contributed by atoms with Crippen molar-refractivity contribution >= 4 is 11.9 Å². The van der Waals surface area contributed by atoms with Gasteiger partial charge in [0, 0.05) is 11.1 Å². The van der Waals surface area contributed by atoms with Gasteiger partial charge in [0.15, 0.2) is 23.0 Å². The molecule has 0 bridgehead atoms. The topological polar surface area (TPSA) is 202 Å². The van der Waals surface area contributed by atoms with Crippen LogP contribution in [-0.2, 0) is 0 Å². The Morgan fingerprint density at radius 1 is 0.733 bits per heavy atom. The highest BCUT2D eigenvalue weighted by Gasteiger charge is 2.38. The van der Waals surface area contributed by atoms with E-state index in [9.17, 15) is 45.3 Å². The molecule has 3 rings (SSSR count). The first kappa shape index (κ1) is 20.9. The van der Waals surface area contributed by atoms with Crippen molar-refractivity contribution < 1.29 is 45.3 Å². The van der Waals surface area contributed by atoms with Crippen LogP contribution in [0.5, 0.6) is 34.5 Å². The molecular formula is C20H21NO9. The third kappa shape index (κ3) is 3.25. The summed E-state index contributed by atoms with van der Waals surface area (Å²) in [7, 11) is 0. The first-order valence-electron chi connectivity index (χ1n) is 9.14. The van der Waals surface area contributed by atoms with Crippen molar-refractivity contribution in [2.75, 3.05) is 0 Å². The highest BCUT2D eigenvalue weighted by atomic mass is 16.4. The average Bonchev–Trinajstić information content (AvgIpc) is 2.69. The molecule has 0 aliphatic heterocycles. The van der Waals surface area contributed by atoms with Crippen LogP contribution >= 0.6 is 0 Å². The van der Waals surface area contributed by atoms with Gasteiger partial charge in [-0.25, -0.2) is 4.79 Å². The largest absolute Gasteiger partial charge is 0.504 e. The van der Waals surface area contributed by atoms with Gasteiger partial charge in [-0.05, 0) is 36.8 Å². The minimum absolute atomic E-state index is 0.0918. The van der Waals surface area contributed by atoms with Crippen LogP contribution in [0, 0.1) is 0 Å². The maximum absolute atomic E-state index is 12.0. The van der Waals surface area contributed by atoms with E-state index in [-0.39, 0.29) is 16.7 Å². The van der Waals surface area contributed by atoms with Gasteiger partial charge in [-0.3, -0.25) is 4.79 Å². The number of rotatable bonds is 4. The fourth-order valence-electron chi connectivity index (χ4n) is 4.27. The van der Waals surface area contributed by atoms with Gasteiger partial charge in [0.05, 0.1) is 11.1 Å². The summed E-state index contributed by atoms with van der Waals surface area (Å²) in [5.74, 6) is -9.00. The maximum atomic E-state index is 12.0. The van der Waals surface area contributed by atoms with Crippen LogP contribution < -0.4 is 5.73 Å². The SMILES string of the molecule is NC(=O)c1cc(O)c(O)c(O)c1C1CCCCC1c1c(C(=O)O)cc(O)c(O)c1O. The second-order valence-corrected chi connectivity index (χ2v) is 7.28. The van der Waals surface area contributed by atoms with Crippen LogP contribution in [0.4, 0.5) is 0 Å². The molecule has 9 N–H and O–H groups in total. The Hall–Kier alpha value is -3.82. The van der Waals surface area contributed by atoms with Gasteiger partial charge < -0.3 is 41.5 Å². The molecule has 2 atom stereocenters. The zero-order valence-electron chi connectivity index (χ0n) is 15.7. The third-order valence-corrected chi connectivity index (χ3v) is 5.59. The van der Waals surface area contributed by atoms with Gasteiger partial charge in [0.1, 0.15) is 0 Å². The average molecular weight is 419 g/mol. The normalized spacial score (nSPS) is 18.8. The number of hydrogen-bond acceptors (Lipinski definition) is 8. The molecule has 2 aromatic rings. The minimum atomic E-state index is -1.46. The monoisotopic (exact) mass is 419 g/mol. The molecule has 1 aliphatic rings. The summed E-state index contributed by atoms with van der Waals surface area (Å²) in [6.07, 6.45) is 1.86. The van der Waals surface area contributed by atoms with Crippen molar-refractivity contribution in [1.82, 2.24) is 0 Å². The summed E-state index contributed by atoms with van der Waals surface area (Å²) in [6, 6.07) is 1.71. The highest BCUT2D eigenvalue weighted by molar-refractivity contribution is 5.97. The number of carbonyl (C=O) groups excluding carboxylic acids is 1. The smallest absolute Gasteiger partial charge is 0.336 e. The van der Waals surface area contributed by atoms with Crippen molar-refractivity contribution in [2.45, 2.75) is 37.5 Å². The number of primary amides is 1. The molecule has 2 aromatic carbocycles. The maximum Gasteiger partial charge on any atom is 0.336 e. The highest BCUT2D eigenvalue weighted by Crippen LogP contribution is 2.55. The Balaban J connectivity index is 2.30. The standard InChI is InChI=1S/C20H21NO9/c21-19(28)9-5-11(22)15(24)17(26)13(9)7-3-1-2-4-8(7)14-10(20(29)30)6-12(23)16(25)18(14)27/h5-8,22-27H,1-4H2,(H2,21,28)(H,29,30). The summed E-state index contributed by atoms with van der Waals surface area (Å²) >= 11 is 0. The number of benzene rings is 2. The Bertz CT molecular complexity index is 964. The first-order chi connectivity index (χ1) is 14.1. The van der Waals surface area contributed by atoms with Gasteiger partial charge in [-0.15, -0.1) is 0 Å². The number of phenols is 6. The molecule has 10 heteroatoms. The summed E-state index contributed by atoms with van der Waals surface area (Å²) in [6.45, 7) is 0. The van der Waals surface area contributed by atoms with Gasteiger partial charge in [-0.1, -0.05) is 12.8 Å². The number of nitrogens with two attached hydrogens (primary N) is 1. The Morgan fingerprint density at radius 3 is 1.53 bits per heavy atom. The summed E-state index contributed by atoms with van der Waals surface area (Å²) < 4.78 is 0. The summed E-state index contributed by atoms with van der Waals surface area (Å²) in [5, 5.41) is 70.0. The van der Waals surface area contributed by atoms with Crippen LogP contribution in [0.25, 0.3) is 0 Å². The molecule has 1 saturated carbocycles. The molecule has 160 valence electrons. The van der Waals surface area contributed by atoms with E-state index >= 15 is 0 Å². The number of aromatic carboxylic acids is 1. The van der Waals surface area contributed by atoms with Crippen LogP contribution in [0.15, 0.2) is 12.1 Å². The number of amides is 1. The quantitative estimate of drug-likeness (QED) is 0.342. The molecule has 2 unspecified atom stereocenters. The lowest BCUT2D eigenvalue weighted by Gasteiger charge is -2.34. The van der Waals surface area contributed by atoms with Crippen LogP contribution in [-0.4, -0.2) is 47.6 Å². The number of hydrogen-bond donors (Lipinski definition) is 8. The molecule has 1 fully saturated rings. The van der Waals surface area contributed by atoms with Crippen molar-refractivity contribution in [1.29, 1.82) is 0 Å². The molecule has 0 radical (unpaired) electrons. The lowest BCUT2D eigenvalue weighted by Crippen LogP contribution is -2.23. The summed E-state index contributed by atoms with van der Waals surface area (Å²) in [4.78, 5) is 23.7. The molecule has 1 aliphatic carbocycles. The molecule has 30 heavy (non-hydrogen) atoms. The van der Waals surface area contributed by atoms with Gasteiger partial charge in [0.25, 0.3) is 0 Å². The minimum Gasteiger partial charge on any atom is -0.504 e. The van der Waals surface area contributed by atoms with Crippen molar-refractivity contribution in [3.05, 3.63) is 34.4 Å². The molecular weight excluding hydrogens is 398 g/mol. The van der Waals surface area contributed by atoms with Crippen LogP contribution in [0.2, 0.25) is 0 Å². The zero-order chi connectivity index (χ0) is 22.3. The number of carbonyl (C=O) groups is 2. The lowest BCUT2D eigenvalue weighted by atomic mass is 9.69. The van der Waals surface area contributed by atoms with Crippen molar-refractivity contribution in [2.24, 2.45) is 5.73 Å². The Morgan fingerprint density at radius 2 is 1.13 bits per heavy atom. The second-order valence-electron chi connectivity index (χ2n) is 7.28. The van der Waals surface area contributed by atoms with E-state index in [1.54, 1.807) is 0 Å². The van der Waals surface area contributed by atoms with Crippen LogP contribution in [0.3, 0.4) is 0 Å². The second kappa shape index (κ2) is 7.54. The zero-order valence-corrected chi connectivity index (χ0v) is 15.7. The molecule has 1 amide bonds. The molecule has 0 spiro atoms. The Labute approximate surface area is 170 Å². The van der Waals surface area contributed by atoms with E-state index in [0.717, 1.165) is 12.1 Å². The van der Waals surface area contributed by atoms with Crippen molar-refractivity contribution in [3.63, 3.8) is 0 Å². The van der Waals surface area contributed by atoms with Gasteiger partial charge in [-0.2, -0.15) is 0 Å². The van der Waals surface area contributed by atoms with Gasteiger partial charge in [0.2, 0.25) is 17.4 Å².